The van der Waals surface area contributed by atoms with Crippen LogP contribution in [0.3, 0.4) is 0 Å². The topological polar surface area (TPSA) is 49.3 Å². The molecule has 0 fully saturated rings. The van der Waals surface area contributed by atoms with E-state index >= 15 is 0 Å². The van der Waals surface area contributed by atoms with Gasteiger partial charge in [0.1, 0.15) is 0 Å². The van der Waals surface area contributed by atoms with E-state index in [-0.39, 0.29) is 16.6 Å². The van der Waals surface area contributed by atoms with Crippen LogP contribution in [0, 0.1) is 13.8 Å². The number of nitrogens with one attached hydrogen (secondary N) is 1. The number of carboxylic acid groups (broad SMARTS) is 1. The number of rotatable bonds is 4. The number of hydrogen-bond acceptors (Lipinski definition) is 2. The zero-order valence-electron chi connectivity index (χ0n) is 12.3. The summed E-state index contributed by atoms with van der Waals surface area (Å²) in [5.74, 6) is -1.03. The van der Waals surface area contributed by atoms with Crippen molar-refractivity contribution in [3.8, 4) is 0 Å². The first-order valence-corrected chi connectivity index (χ1v) is 7.13. The summed E-state index contributed by atoms with van der Waals surface area (Å²) in [4.78, 5) is 11.1. The van der Waals surface area contributed by atoms with Crippen LogP contribution in [0.25, 0.3) is 0 Å². The van der Waals surface area contributed by atoms with Crippen molar-refractivity contribution in [1.29, 1.82) is 0 Å². The molecule has 3 nitrogen and oxygen atoms in total. The number of halogens is 1. The molecule has 4 heteroatoms. The van der Waals surface area contributed by atoms with Crippen LogP contribution in [0.5, 0.6) is 0 Å². The Hall–Kier alpha value is -2.00. The molecule has 21 heavy (non-hydrogen) atoms. The van der Waals surface area contributed by atoms with Gasteiger partial charge in [0.25, 0.3) is 0 Å². The average molecular weight is 304 g/mol. The molecule has 0 aliphatic rings. The SMILES string of the molecule is Cc1ccc(C(C)Nc2ccc(Cl)c(C(=O)O)c2)cc1C. The number of carboxylic acids is 1. The van der Waals surface area contributed by atoms with Crippen LogP contribution in [0.4, 0.5) is 5.69 Å². The zero-order valence-corrected chi connectivity index (χ0v) is 13.0. The lowest BCUT2D eigenvalue weighted by molar-refractivity contribution is 0.0697. The molecule has 0 amide bonds. The Bertz CT molecular complexity index is 682. The van der Waals surface area contributed by atoms with Gasteiger partial charge in [-0.15, -0.1) is 0 Å². The second-order valence-corrected chi connectivity index (χ2v) is 5.62. The first-order valence-electron chi connectivity index (χ1n) is 6.75. The molecular formula is C17H18ClNO2. The van der Waals surface area contributed by atoms with E-state index in [9.17, 15) is 4.79 Å². The maximum atomic E-state index is 11.1. The Morgan fingerprint density at radius 2 is 1.86 bits per heavy atom. The molecular weight excluding hydrogens is 286 g/mol. The van der Waals surface area contributed by atoms with Gasteiger partial charge in [0.2, 0.25) is 0 Å². The molecule has 1 atom stereocenters. The highest BCUT2D eigenvalue weighted by Crippen LogP contribution is 2.25. The lowest BCUT2D eigenvalue weighted by Gasteiger charge is -2.17. The van der Waals surface area contributed by atoms with Gasteiger partial charge in [0, 0.05) is 11.7 Å². The van der Waals surface area contributed by atoms with Crippen LogP contribution in [0.15, 0.2) is 36.4 Å². The monoisotopic (exact) mass is 303 g/mol. The van der Waals surface area contributed by atoms with Gasteiger partial charge < -0.3 is 10.4 Å². The van der Waals surface area contributed by atoms with Crippen molar-refractivity contribution >= 4 is 23.3 Å². The van der Waals surface area contributed by atoms with Crippen LogP contribution in [-0.2, 0) is 0 Å². The molecule has 0 bridgehead atoms. The van der Waals surface area contributed by atoms with Crippen LogP contribution in [0.1, 0.15) is 40.0 Å². The molecule has 0 saturated carbocycles. The lowest BCUT2D eigenvalue weighted by atomic mass is 10.0. The fourth-order valence-electron chi connectivity index (χ4n) is 2.15. The summed E-state index contributed by atoms with van der Waals surface area (Å²) < 4.78 is 0. The molecule has 1 unspecified atom stereocenters. The summed E-state index contributed by atoms with van der Waals surface area (Å²) in [6, 6.07) is 11.3. The smallest absolute Gasteiger partial charge is 0.337 e. The van der Waals surface area contributed by atoms with E-state index in [1.54, 1.807) is 18.2 Å². The Morgan fingerprint density at radius 3 is 2.48 bits per heavy atom. The van der Waals surface area contributed by atoms with E-state index < -0.39 is 5.97 Å². The second kappa shape index (κ2) is 6.19. The zero-order chi connectivity index (χ0) is 15.6. The van der Waals surface area contributed by atoms with Crippen molar-refractivity contribution in [1.82, 2.24) is 0 Å². The van der Waals surface area contributed by atoms with Gasteiger partial charge in [-0.05, 0) is 55.7 Å². The quantitative estimate of drug-likeness (QED) is 0.850. The standard InChI is InChI=1S/C17H18ClNO2/c1-10-4-5-13(8-11(10)2)12(3)19-14-6-7-16(18)15(9-14)17(20)21/h4-9,12,19H,1-3H3,(H,20,21). The fraction of sp³-hybridized carbons (Fsp3) is 0.235. The molecule has 0 aromatic heterocycles. The summed E-state index contributed by atoms with van der Waals surface area (Å²) in [6.07, 6.45) is 0. The maximum absolute atomic E-state index is 11.1. The molecule has 110 valence electrons. The van der Waals surface area contributed by atoms with E-state index in [0.29, 0.717) is 0 Å². The van der Waals surface area contributed by atoms with Crippen LogP contribution < -0.4 is 5.32 Å². The molecule has 0 aliphatic carbocycles. The van der Waals surface area contributed by atoms with Crippen LogP contribution >= 0.6 is 11.6 Å². The molecule has 0 spiro atoms. The van der Waals surface area contributed by atoms with Gasteiger partial charge >= 0.3 is 5.97 Å². The van der Waals surface area contributed by atoms with Gasteiger partial charge in [0.15, 0.2) is 0 Å². The molecule has 0 aliphatic heterocycles. The predicted molar refractivity (Wildman–Crippen MR) is 86.4 cm³/mol. The summed E-state index contributed by atoms with van der Waals surface area (Å²) in [5.41, 5.74) is 4.50. The highest BCUT2D eigenvalue weighted by Gasteiger charge is 2.11. The van der Waals surface area contributed by atoms with Crippen molar-refractivity contribution in [2.75, 3.05) is 5.32 Å². The molecule has 0 radical (unpaired) electrons. The minimum absolute atomic E-state index is 0.0760. The number of carbonyl (C=O) groups is 1. The fourth-order valence-corrected chi connectivity index (χ4v) is 2.34. The third-order valence-electron chi connectivity index (χ3n) is 3.61. The first-order chi connectivity index (χ1) is 9.88. The van der Waals surface area contributed by atoms with Gasteiger partial charge in [-0.2, -0.15) is 0 Å². The number of aryl methyl sites for hydroxylation is 2. The molecule has 2 rings (SSSR count). The number of hydrogen-bond donors (Lipinski definition) is 2. The molecule has 2 aromatic rings. The molecule has 2 N–H and O–H groups in total. The average Bonchev–Trinajstić information content (AvgIpc) is 2.43. The summed E-state index contributed by atoms with van der Waals surface area (Å²) in [5, 5.41) is 12.6. The summed E-state index contributed by atoms with van der Waals surface area (Å²) >= 11 is 5.87. The van der Waals surface area contributed by atoms with E-state index in [1.165, 1.54) is 11.1 Å². The third kappa shape index (κ3) is 3.56. The van der Waals surface area contributed by atoms with Gasteiger partial charge in [-0.25, -0.2) is 4.79 Å². The van der Waals surface area contributed by atoms with Crippen LogP contribution in [0.2, 0.25) is 5.02 Å². The molecule has 0 heterocycles. The van der Waals surface area contributed by atoms with Crippen molar-refractivity contribution in [2.24, 2.45) is 0 Å². The van der Waals surface area contributed by atoms with Crippen molar-refractivity contribution in [3.63, 3.8) is 0 Å². The number of aromatic carboxylic acids is 1. The van der Waals surface area contributed by atoms with E-state index in [1.807, 2.05) is 6.92 Å². The minimum atomic E-state index is -1.03. The maximum Gasteiger partial charge on any atom is 0.337 e. The van der Waals surface area contributed by atoms with Gasteiger partial charge in [-0.1, -0.05) is 29.8 Å². The predicted octanol–water partition coefficient (Wildman–Crippen LogP) is 4.83. The Kier molecular flexibility index (Phi) is 4.53. The Labute approximate surface area is 129 Å². The minimum Gasteiger partial charge on any atom is -0.478 e. The Balaban J connectivity index is 2.23. The number of anilines is 1. The second-order valence-electron chi connectivity index (χ2n) is 5.21. The largest absolute Gasteiger partial charge is 0.478 e. The van der Waals surface area contributed by atoms with Crippen molar-refractivity contribution in [3.05, 3.63) is 63.7 Å². The highest BCUT2D eigenvalue weighted by molar-refractivity contribution is 6.33. The van der Waals surface area contributed by atoms with Gasteiger partial charge in [-0.3, -0.25) is 0 Å². The van der Waals surface area contributed by atoms with Crippen molar-refractivity contribution in [2.45, 2.75) is 26.8 Å². The highest BCUT2D eigenvalue weighted by atomic mass is 35.5. The van der Waals surface area contributed by atoms with E-state index in [2.05, 4.69) is 37.4 Å². The lowest BCUT2D eigenvalue weighted by Crippen LogP contribution is -2.08. The summed E-state index contributed by atoms with van der Waals surface area (Å²) in [6.45, 7) is 6.20. The molecule has 2 aromatic carbocycles. The molecule has 0 saturated heterocycles. The van der Waals surface area contributed by atoms with E-state index in [4.69, 9.17) is 16.7 Å². The normalized spacial score (nSPS) is 12.0. The van der Waals surface area contributed by atoms with Gasteiger partial charge in [0.05, 0.1) is 10.6 Å². The van der Waals surface area contributed by atoms with Crippen LogP contribution in [-0.4, -0.2) is 11.1 Å². The van der Waals surface area contributed by atoms with E-state index in [0.717, 1.165) is 11.3 Å². The summed E-state index contributed by atoms with van der Waals surface area (Å²) in [7, 11) is 0. The number of benzene rings is 2. The Morgan fingerprint density at radius 1 is 1.14 bits per heavy atom. The first kappa shape index (κ1) is 15.4. The third-order valence-corrected chi connectivity index (χ3v) is 3.94. The van der Waals surface area contributed by atoms with Crippen molar-refractivity contribution < 1.29 is 9.90 Å².